The predicted molar refractivity (Wildman–Crippen MR) is 143 cm³/mol. The van der Waals surface area contributed by atoms with Crippen molar-refractivity contribution in [1.82, 2.24) is 14.8 Å². The zero-order valence-electron chi connectivity index (χ0n) is 21.1. The fourth-order valence-electron chi connectivity index (χ4n) is 5.73. The number of hydrogen-bond donors (Lipinski definition) is 1. The van der Waals surface area contributed by atoms with Gasteiger partial charge in [-0.15, -0.1) is 0 Å². The summed E-state index contributed by atoms with van der Waals surface area (Å²) in [6, 6.07) is 18.6. The molecular weight excluding hydrogens is 448 g/mol. The minimum Gasteiger partial charge on any atom is -0.468 e. The molecule has 0 saturated carbocycles. The van der Waals surface area contributed by atoms with Crippen LogP contribution in [0.3, 0.4) is 0 Å². The standard InChI is InChI=1S/C30H34N4O2/c1-3-23-24(4-2)26(30(31)35)13-12-25(23)29(27-11-5-8-21-9-6-14-32-28(21)27)34-17-15-33(16-18-34)20-22-10-7-19-36-22/h5-14,19,29H,3-4,15-18,20H2,1-2H3,(H2,31,35). The second kappa shape index (κ2) is 10.6. The lowest BCUT2D eigenvalue weighted by molar-refractivity contribution is 0.0991. The second-order valence-electron chi connectivity index (χ2n) is 9.45. The summed E-state index contributed by atoms with van der Waals surface area (Å²) in [4.78, 5) is 22.1. The zero-order valence-corrected chi connectivity index (χ0v) is 21.1. The lowest BCUT2D eigenvalue weighted by Crippen LogP contribution is -2.47. The van der Waals surface area contributed by atoms with Crippen molar-refractivity contribution in [1.29, 1.82) is 0 Å². The van der Waals surface area contributed by atoms with E-state index in [1.165, 1.54) is 16.7 Å². The molecule has 1 fully saturated rings. The van der Waals surface area contributed by atoms with Crippen molar-refractivity contribution >= 4 is 16.8 Å². The Kier molecular flexibility index (Phi) is 7.16. The molecule has 6 heteroatoms. The number of benzene rings is 2. The largest absolute Gasteiger partial charge is 0.468 e. The number of hydrogen-bond acceptors (Lipinski definition) is 5. The van der Waals surface area contributed by atoms with Crippen LogP contribution in [0.1, 0.15) is 58.3 Å². The molecule has 1 aliphatic rings. The first-order chi connectivity index (χ1) is 17.6. The van der Waals surface area contributed by atoms with Crippen LogP contribution in [0.5, 0.6) is 0 Å². The van der Waals surface area contributed by atoms with Gasteiger partial charge in [-0.05, 0) is 53.8 Å². The minimum atomic E-state index is -0.358. The van der Waals surface area contributed by atoms with Gasteiger partial charge in [0.1, 0.15) is 5.76 Å². The Bertz CT molecular complexity index is 1340. The third kappa shape index (κ3) is 4.66. The van der Waals surface area contributed by atoms with Gasteiger partial charge in [0.25, 0.3) is 0 Å². The molecule has 2 N–H and O–H groups in total. The zero-order chi connectivity index (χ0) is 25.1. The Hall–Kier alpha value is -3.48. The number of para-hydroxylation sites is 1. The summed E-state index contributed by atoms with van der Waals surface area (Å²) in [6.07, 6.45) is 5.22. The Morgan fingerprint density at radius 3 is 2.42 bits per heavy atom. The summed E-state index contributed by atoms with van der Waals surface area (Å²) in [5.74, 6) is 0.643. The molecule has 0 bridgehead atoms. The van der Waals surface area contributed by atoms with E-state index < -0.39 is 0 Å². The maximum atomic E-state index is 12.2. The van der Waals surface area contributed by atoms with Crippen molar-refractivity contribution < 1.29 is 9.21 Å². The van der Waals surface area contributed by atoms with Crippen LogP contribution in [0.4, 0.5) is 0 Å². The normalized spacial score (nSPS) is 15.8. The van der Waals surface area contributed by atoms with Crippen LogP contribution in [-0.2, 0) is 19.4 Å². The molecule has 1 unspecified atom stereocenters. The molecule has 0 spiro atoms. The highest BCUT2D eigenvalue weighted by Crippen LogP contribution is 2.37. The van der Waals surface area contributed by atoms with Crippen LogP contribution in [0.2, 0.25) is 0 Å². The van der Waals surface area contributed by atoms with E-state index in [1.54, 1.807) is 6.26 Å². The molecule has 0 radical (unpaired) electrons. The summed E-state index contributed by atoms with van der Waals surface area (Å²) < 4.78 is 5.58. The van der Waals surface area contributed by atoms with Gasteiger partial charge in [0, 0.05) is 48.9 Å². The Balaban J connectivity index is 1.58. The maximum absolute atomic E-state index is 12.2. The fourth-order valence-corrected chi connectivity index (χ4v) is 5.73. The van der Waals surface area contributed by atoms with E-state index >= 15 is 0 Å². The highest BCUT2D eigenvalue weighted by molar-refractivity contribution is 5.95. The van der Waals surface area contributed by atoms with E-state index in [-0.39, 0.29) is 11.9 Å². The van der Waals surface area contributed by atoms with Gasteiger partial charge in [0.2, 0.25) is 5.91 Å². The number of piperazine rings is 1. The van der Waals surface area contributed by atoms with Gasteiger partial charge in [-0.1, -0.05) is 44.2 Å². The molecular formula is C30H34N4O2. The summed E-state index contributed by atoms with van der Waals surface area (Å²) in [7, 11) is 0. The van der Waals surface area contributed by atoms with Crippen LogP contribution in [-0.4, -0.2) is 46.9 Å². The first-order valence-corrected chi connectivity index (χ1v) is 12.9. The van der Waals surface area contributed by atoms with E-state index in [2.05, 4.69) is 54.0 Å². The number of furan rings is 1. The first-order valence-electron chi connectivity index (χ1n) is 12.9. The number of aromatic nitrogens is 1. The molecule has 0 aliphatic carbocycles. The summed E-state index contributed by atoms with van der Waals surface area (Å²) in [5, 5.41) is 1.14. The van der Waals surface area contributed by atoms with Crippen LogP contribution in [0, 0.1) is 0 Å². The number of pyridine rings is 1. The Morgan fingerprint density at radius 1 is 0.944 bits per heavy atom. The molecule has 1 amide bonds. The van der Waals surface area contributed by atoms with E-state index in [0.717, 1.165) is 67.8 Å². The van der Waals surface area contributed by atoms with Crippen LogP contribution in [0.25, 0.3) is 10.9 Å². The van der Waals surface area contributed by atoms with Gasteiger partial charge in [-0.3, -0.25) is 19.6 Å². The molecule has 2 aromatic carbocycles. The molecule has 36 heavy (non-hydrogen) atoms. The molecule has 6 nitrogen and oxygen atoms in total. The van der Waals surface area contributed by atoms with Crippen molar-refractivity contribution in [3.05, 3.63) is 101 Å². The third-order valence-corrected chi connectivity index (χ3v) is 7.42. The Morgan fingerprint density at radius 2 is 1.72 bits per heavy atom. The molecule has 4 aromatic rings. The minimum absolute atomic E-state index is 0.0385. The lowest BCUT2D eigenvalue weighted by Gasteiger charge is -2.40. The smallest absolute Gasteiger partial charge is 0.248 e. The number of primary amides is 1. The van der Waals surface area contributed by atoms with E-state index in [4.69, 9.17) is 15.1 Å². The van der Waals surface area contributed by atoms with Crippen LogP contribution < -0.4 is 5.73 Å². The molecule has 1 atom stereocenters. The third-order valence-electron chi connectivity index (χ3n) is 7.42. The average Bonchev–Trinajstić information content (AvgIpc) is 3.42. The number of rotatable bonds is 8. The SMILES string of the molecule is CCc1c(C(N)=O)ccc(C(c2cccc3cccnc23)N2CCN(Cc3ccco3)CC2)c1CC. The average molecular weight is 483 g/mol. The number of carbonyl (C=O) groups is 1. The lowest BCUT2D eigenvalue weighted by atomic mass is 9.85. The molecule has 186 valence electrons. The topological polar surface area (TPSA) is 75.6 Å². The quantitative estimate of drug-likeness (QED) is 0.384. The molecule has 5 rings (SSSR count). The monoisotopic (exact) mass is 482 g/mol. The predicted octanol–water partition coefficient (Wildman–Crippen LogP) is 4.96. The summed E-state index contributed by atoms with van der Waals surface area (Å²) >= 11 is 0. The van der Waals surface area contributed by atoms with Gasteiger partial charge in [0.05, 0.1) is 24.4 Å². The number of amides is 1. The van der Waals surface area contributed by atoms with Gasteiger partial charge in [0.15, 0.2) is 0 Å². The van der Waals surface area contributed by atoms with E-state index in [0.29, 0.717) is 5.56 Å². The van der Waals surface area contributed by atoms with Crippen molar-refractivity contribution in [3.63, 3.8) is 0 Å². The van der Waals surface area contributed by atoms with Crippen molar-refractivity contribution in [2.45, 2.75) is 39.3 Å². The van der Waals surface area contributed by atoms with Crippen molar-refractivity contribution in [2.75, 3.05) is 26.2 Å². The molecule has 1 saturated heterocycles. The Labute approximate surface area is 212 Å². The number of fused-ring (bicyclic) bond motifs is 1. The molecule has 1 aliphatic heterocycles. The highest BCUT2D eigenvalue weighted by atomic mass is 16.3. The van der Waals surface area contributed by atoms with Crippen molar-refractivity contribution in [2.24, 2.45) is 5.73 Å². The van der Waals surface area contributed by atoms with Gasteiger partial charge < -0.3 is 10.2 Å². The first kappa shape index (κ1) is 24.2. The van der Waals surface area contributed by atoms with Gasteiger partial charge in [-0.25, -0.2) is 0 Å². The highest BCUT2D eigenvalue weighted by Gasteiger charge is 2.31. The van der Waals surface area contributed by atoms with Crippen LogP contribution >= 0.6 is 0 Å². The molecule has 2 aromatic heterocycles. The number of carbonyl (C=O) groups excluding carboxylic acids is 1. The van der Waals surface area contributed by atoms with E-state index in [9.17, 15) is 4.79 Å². The van der Waals surface area contributed by atoms with Gasteiger partial charge in [-0.2, -0.15) is 0 Å². The van der Waals surface area contributed by atoms with E-state index in [1.807, 2.05) is 30.5 Å². The van der Waals surface area contributed by atoms with Gasteiger partial charge >= 0.3 is 0 Å². The number of nitrogens with zero attached hydrogens (tertiary/aromatic N) is 3. The van der Waals surface area contributed by atoms with Crippen molar-refractivity contribution in [3.8, 4) is 0 Å². The van der Waals surface area contributed by atoms with Crippen LogP contribution in [0.15, 0.2) is 71.5 Å². The molecule has 3 heterocycles. The maximum Gasteiger partial charge on any atom is 0.248 e. The number of nitrogens with two attached hydrogens (primary N) is 1. The summed E-state index contributed by atoms with van der Waals surface area (Å²) in [5.41, 5.74) is 12.2. The second-order valence-corrected chi connectivity index (χ2v) is 9.45. The summed E-state index contributed by atoms with van der Waals surface area (Å²) in [6.45, 7) is 8.87. The fraction of sp³-hybridized carbons (Fsp3) is 0.333.